The third-order valence-corrected chi connectivity index (χ3v) is 6.33. The third kappa shape index (κ3) is 4.51. The van der Waals surface area contributed by atoms with E-state index in [2.05, 4.69) is 15.1 Å². The highest BCUT2D eigenvalue weighted by atomic mass is 16.2. The normalized spacial score (nSPS) is 15.6. The maximum Gasteiger partial charge on any atom is 0.257 e. The molecule has 0 aliphatic carbocycles. The van der Waals surface area contributed by atoms with Gasteiger partial charge in [-0.3, -0.25) is 9.59 Å². The monoisotopic (exact) mass is 446 g/mol. The minimum Gasteiger partial charge on any atom is -0.339 e. The summed E-state index contributed by atoms with van der Waals surface area (Å²) in [6.45, 7) is 10.3. The summed E-state index contributed by atoms with van der Waals surface area (Å²) in [5, 5.41) is 4.29. The van der Waals surface area contributed by atoms with E-state index in [9.17, 15) is 9.59 Å². The molecule has 0 saturated carbocycles. The molecule has 1 saturated heterocycles. The molecule has 2 amide bonds. The van der Waals surface area contributed by atoms with Crippen molar-refractivity contribution in [1.29, 1.82) is 0 Å². The van der Waals surface area contributed by atoms with Gasteiger partial charge in [0.2, 0.25) is 0 Å². The number of nitrogens with zero attached hydrogens (tertiary/aromatic N) is 6. The van der Waals surface area contributed by atoms with Gasteiger partial charge in [-0.2, -0.15) is 5.10 Å². The average molecular weight is 447 g/mol. The van der Waals surface area contributed by atoms with Crippen molar-refractivity contribution in [2.45, 2.75) is 40.0 Å². The van der Waals surface area contributed by atoms with Gasteiger partial charge in [-0.15, -0.1) is 0 Å². The SMILES string of the molecule is CCN(CC)C(=O)c1cnc([C@@H]2CCN(C(=O)c3ccc(C)c(-n4cccn4)c3)C2)nc1C. The summed E-state index contributed by atoms with van der Waals surface area (Å²) in [5.74, 6) is 0.705. The summed E-state index contributed by atoms with van der Waals surface area (Å²) >= 11 is 0. The van der Waals surface area contributed by atoms with Crippen LogP contribution < -0.4 is 0 Å². The number of rotatable bonds is 6. The summed E-state index contributed by atoms with van der Waals surface area (Å²) in [7, 11) is 0. The van der Waals surface area contributed by atoms with Gasteiger partial charge in [0.15, 0.2) is 0 Å². The van der Waals surface area contributed by atoms with Crippen LogP contribution in [-0.4, -0.2) is 67.5 Å². The fraction of sp³-hybridized carbons (Fsp3) is 0.400. The molecule has 33 heavy (non-hydrogen) atoms. The van der Waals surface area contributed by atoms with Gasteiger partial charge in [0.05, 0.1) is 16.9 Å². The second-order valence-electron chi connectivity index (χ2n) is 8.39. The van der Waals surface area contributed by atoms with Crippen LogP contribution in [0.25, 0.3) is 5.69 Å². The molecule has 3 heterocycles. The highest BCUT2D eigenvalue weighted by Gasteiger charge is 2.30. The van der Waals surface area contributed by atoms with E-state index in [0.29, 0.717) is 48.8 Å². The Kier molecular flexibility index (Phi) is 6.53. The topological polar surface area (TPSA) is 84.2 Å². The summed E-state index contributed by atoms with van der Waals surface area (Å²) in [6, 6.07) is 7.58. The maximum absolute atomic E-state index is 13.2. The lowest BCUT2D eigenvalue weighted by Crippen LogP contribution is -2.31. The molecule has 1 aromatic carbocycles. The maximum atomic E-state index is 13.2. The molecule has 0 N–H and O–H groups in total. The number of carbonyl (C=O) groups excluding carboxylic acids is 2. The van der Waals surface area contributed by atoms with Gasteiger partial charge < -0.3 is 9.80 Å². The zero-order valence-electron chi connectivity index (χ0n) is 19.7. The first-order chi connectivity index (χ1) is 15.9. The van der Waals surface area contributed by atoms with Gasteiger partial charge in [-0.25, -0.2) is 14.6 Å². The van der Waals surface area contributed by atoms with Crippen molar-refractivity contribution in [2.24, 2.45) is 0 Å². The average Bonchev–Trinajstić information content (AvgIpc) is 3.52. The van der Waals surface area contributed by atoms with Crippen LogP contribution in [-0.2, 0) is 0 Å². The van der Waals surface area contributed by atoms with E-state index in [-0.39, 0.29) is 17.7 Å². The van der Waals surface area contributed by atoms with Crippen molar-refractivity contribution >= 4 is 11.8 Å². The highest BCUT2D eigenvalue weighted by Crippen LogP contribution is 2.27. The number of likely N-dealkylation sites (tertiary alicyclic amines) is 1. The number of benzene rings is 1. The van der Waals surface area contributed by atoms with Crippen LogP contribution in [0.1, 0.15) is 64.0 Å². The molecule has 4 rings (SSSR count). The van der Waals surface area contributed by atoms with E-state index in [0.717, 1.165) is 17.7 Å². The van der Waals surface area contributed by atoms with E-state index in [4.69, 9.17) is 0 Å². The van der Waals surface area contributed by atoms with Crippen molar-refractivity contribution in [3.8, 4) is 5.69 Å². The quantitative estimate of drug-likeness (QED) is 0.580. The lowest BCUT2D eigenvalue weighted by molar-refractivity contribution is 0.0769. The number of amides is 2. The first-order valence-corrected chi connectivity index (χ1v) is 11.5. The Morgan fingerprint density at radius 1 is 1.18 bits per heavy atom. The molecular formula is C25H30N6O2. The Balaban J connectivity index is 1.49. The Bertz CT molecular complexity index is 1150. The van der Waals surface area contributed by atoms with Gasteiger partial charge in [-0.05, 0) is 57.9 Å². The van der Waals surface area contributed by atoms with Gasteiger partial charge in [0.25, 0.3) is 11.8 Å². The molecule has 2 aromatic heterocycles. The standard InChI is InChI=1S/C25H30N6O2/c1-5-29(6-2)25(33)21-15-26-23(28-18(21)4)20-10-13-30(16-20)24(32)19-9-8-17(3)22(14-19)31-12-7-11-27-31/h7-9,11-12,14-15,20H,5-6,10,13,16H2,1-4H3/t20-/m1/s1. The molecule has 8 heteroatoms. The van der Waals surface area contributed by atoms with Crippen molar-refractivity contribution in [1.82, 2.24) is 29.5 Å². The summed E-state index contributed by atoms with van der Waals surface area (Å²) in [5.41, 5.74) is 3.82. The van der Waals surface area contributed by atoms with E-state index in [1.807, 2.05) is 63.1 Å². The number of aryl methyl sites for hydroxylation is 2. The van der Waals surface area contributed by atoms with Gasteiger partial charge in [0, 0.05) is 56.3 Å². The second-order valence-corrected chi connectivity index (χ2v) is 8.39. The fourth-order valence-corrected chi connectivity index (χ4v) is 4.31. The predicted octanol–water partition coefficient (Wildman–Crippen LogP) is 3.39. The smallest absolute Gasteiger partial charge is 0.257 e. The number of carbonyl (C=O) groups is 2. The molecule has 172 valence electrons. The molecule has 3 aromatic rings. The van der Waals surface area contributed by atoms with Crippen LogP contribution in [0.5, 0.6) is 0 Å². The van der Waals surface area contributed by atoms with Gasteiger partial charge in [0.1, 0.15) is 5.82 Å². The lowest BCUT2D eigenvalue weighted by atomic mass is 10.1. The summed E-state index contributed by atoms with van der Waals surface area (Å²) in [4.78, 5) is 38.7. The molecule has 0 radical (unpaired) electrons. The van der Waals surface area contributed by atoms with Crippen LogP contribution in [0.2, 0.25) is 0 Å². The highest BCUT2D eigenvalue weighted by molar-refractivity contribution is 5.95. The Labute approximate surface area is 194 Å². The summed E-state index contributed by atoms with van der Waals surface area (Å²) in [6.07, 6.45) is 6.03. The minimum absolute atomic E-state index is 0.00374. The molecule has 0 bridgehead atoms. The van der Waals surface area contributed by atoms with Crippen molar-refractivity contribution in [3.63, 3.8) is 0 Å². The molecule has 1 aliphatic rings. The Morgan fingerprint density at radius 3 is 2.64 bits per heavy atom. The third-order valence-electron chi connectivity index (χ3n) is 6.33. The van der Waals surface area contributed by atoms with E-state index < -0.39 is 0 Å². The lowest BCUT2D eigenvalue weighted by Gasteiger charge is -2.20. The molecule has 0 unspecified atom stereocenters. The summed E-state index contributed by atoms with van der Waals surface area (Å²) < 4.78 is 1.77. The molecule has 8 nitrogen and oxygen atoms in total. The number of hydrogen-bond donors (Lipinski definition) is 0. The predicted molar refractivity (Wildman–Crippen MR) is 126 cm³/mol. The van der Waals surface area contributed by atoms with Crippen molar-refractivity contribution < 1.29 is 9.59 Å². The molecule has 1 fully saturated rings. The Morgan fingerprint density at radius 2 is 1.97 bits per heavy atom. The zero-order valence-corrected chi connectivity index (χ0v) is 19.7. The van der Waals surface area contributed by atoms with Crippen molar-refractivity contribution in [3.05, 3.63) is 71.1 Å². The van der Waals surface area contributed by atoms with E-state index in [1.165, 1.54) is 0 Å². The zero-order chi connectivity index (χ0) is 23.5. The largest absolute Gasteiger partial charge is 0.339 e. The molecule has 0 spiro atoms. The Hall–Kier alpha value is -3.55. The molecule has 1 atom stereocenters. The number of hydrogen-bond acceptors (Lipinski definition) is 5. The minimum atomic E-state index is -0.0420. The number of aromatic nitrogens is 4. The first-order valence-electron chi connectivity index (χ1n) is 11.5. The van der Waals surface area contributed by atoms with E-state index >= 15 is 0 Å². The van der Waals surface area contributed by atoms with Crippen LogP contribution in [0.4, 0.5) is 0 Å². The molecule has 1 aliphatic heterocycles. The fourth-order valence-electron chi connectivity index (χ4n) is 4.31. The van der Waals surface area contributed by atoms with Crippen molar-refractivity contribution in [2.75, 3.05) is 26.2 Å². The van der Waals surface area contributed by atoms with Crippen LogP contribution >= 0.6 is 0 Å². The second kappa shape index (κ2) is 9.52. The van der Waals surface area contributed by atoms with Gasteiger partial charge in [-0.1, -0.05) is 6.07 Å². The van der Waals surface area contributed by atoms with Crippen LogP contribution in [0.15, 0.2) is 42.9 Å². The van der Waals surface area contributed by atoms with Crippen LogP contribution in [0.3, 0.4) is 0 Å². The molecular weight excluding hydrogens is 416 g/mol. The first kappa shape index (κ1) is 22.6. The van der Waals surface area contributed by atoms with E-state index in [1.54, 1.807) is 22.0 Å². The van der Waals surface area contributed by atoms with Crippen LogP contribution in [0, 0.1) is 13.8 Å². The van der Waals surface area contributed by atoms with Gasteiger partial charge >= 0.3 is 0 Å².